The van der Waals surface area contributed by atoms with E-state index in [1.165, 1.54) is 32.4 Å². The smallest absolute Gasteiger partial charge is 0.191 e. The summed E-state index contributed by atoms with van der Waals surface area (Å²) >= 11 is 1.71. The van der Waals surface area contributed by atoms with Crippen LogP contribution in [0.25, 0.3) is 0 Å². The average molecular weight is 309 g/mol. The first-order valence-corrected chi connectivity index (χ1v) is 8.74. The number of aryl methyl sites for hydroxylation is 1. The molecule has 0 aromatic carbocycles. The molecule has 1 aromatic heterocycles. The molecule has 2 N–H and O–H groups in total. The first-order chi connectivity index (χ1) is 10.3. The predicted molar refractivity (Wildman–Crippen MR) is 90.2 cm³/mol. The van der Waals surface area contributed by atoms with Crippen LogP contribution >= 0.6 is 11.3 Å². The minimum atomic E-state index is 0.868. The quantitative estimate of drug-likeness (QED) is 0.620. The van der Waals surface area contributed by atoms with Gasteiger partial charge in [-0.05, 0) is 32.9 Å². The average Bonchev–Trinajstić information content (AvgIpc) is 2.92. The lowest BCUT2D eigenvalue weighted by Crippen LogP contribution is -2.43. The van der Waals surface area contributed by atoms with Gasteiger partial charge in [0.15, 0.2) is 5.96 Å². The van der Waals surface area contributed by atoms with E-state index in [2.05, 4.69) is 30.9 Å². The Kier molecular flexibility index (Phi) is 6.95. The summed E-state index contributed by atoms with van der Waals surface area (Å²) in [6, 6.07) is 0. The highest BCUT2D eigenvalue weighted by atomic mass is 32.1. The van der Waals surface area contributed by atoms with Crippen LogP contribution in [0.1, 0.15) is 30.0 Å². The number of nitrogens with one attached hydrogen (secondary N) is 2. The molecule has 2 rings (SSSR count). The molecule has 0 radical (unpaired) electrons. The molecule has 1 aliphatic rings. The highest BCUT2D eigenvalue weighted by Gasteiger charge is 2.09. The second-order valence-corrected chi connectivity index (χ2v) is 6.50. The Labute approximate surface area is 131 Å². The van der Waals surface area contributed by atoms with Crippen LogP contribution in [0.15, 0.2) is 10.4 Å². The fourth-order valence-corrected chi connectivity index (χ4v) is 3.22. The van der Waals surface area contributed by atoms with Crippen molar-refractivity contribution >= 4 is 17.3 Å². The minimum absolute atomic E-state index is 0.868. The van der Waals surface area contributed by atoms with E-state index in [1.807, 2.05) is 14.0 Å². The zero-order chi connectivity index (χ0) is 14.9. The van der Waals surface area contributed by atoms with Crippen LogP contribution in [-0.4, -0.2) is 55.6 Å². The molecule has 6 heteroatoms. The Hall–Kier alpha value is -1.14. The maximum Gasteiger partial charge on any atom is 0.191 e. The minimum Gasteiger partial charge on any atom is -0.356 e. The van der Waals surface area contributed by atoms with Crippen molar-refractivity contribution in [3.8, 4) is 0 Å². The van der Waals surface area contributed by atoms with Crippen LogP contribution in [-0.2, 0) is 6.42 Å². The Morgan fingerprint density at radius 1 is 1.29 bits per heavy atom. The van der Waals surface area contributed by atoms with Crippen molar-refractivity contribution in [2.24, 2.45) is 4.99 Å². The van der Waals surface area contributed by atoms with E-state index in [0.717, 1.165) is 42.7 Å². The first kappa shape index (κ1) is 16.2. The lowest BCUT2D eigenvalue weighted by atomic mass is 10.1. The van der Waals surface area contributed by atoms with Crippen molar-refractivity contribution < 1.29 is 0 Å². The molecular formula is C15H27N5S. The van der Waals surface area contributed by atoms with Crippen LogP contribution < -0.4 is 10.6 Å². The summed E-state index contributed by atoms with van der Waals surface area (Å²) in [5.74, 6) is 0.888. The largest absolute Gasteiger partial charge is 0.356 e. The molecule has 0 atom stereocenters. The van der Waals surface area contributed by atoms with E-state index < -0.39 is 0 Å². The number of rotatable bonds is 6. The number of hydrogen-bond acceptors (Lipinski definition) is 4. The van der Waals surface area contributed by atoms with Crippen molar-refractivity contribution in [1.82, 2.24) is 20.5 Å². The van der Waals surface area contributed by atoms with Gasteiger partial charge in [0.2, 0.25) is 0 Å². The molecule has 118 valence electrons. The molecule has 0 amide bonds. The molecule has 0 unspecified atom stereocenters. The second kappa shape index (κ2) is 9.00. The molecule has 1 aliphatic heterocycles. The number of aromatic nitrogens is 1. The van der Waals surface area contributed by atoms with Crippen molar-refractivity contribution in [3.63, 3.8) is 0 Å². The Morgan fingerprint density at radius 2 is 2.05 bits per heavy atom. The molecule has 0 spiro atoms. The molecular weight excluding hydrogens is 282 g/mol. The summed E-state index contributed by atoms with van der Waals surface area (Å²) in [6.45, 7) is 7.46. The van der Waals surface area contributed by atoms with Crippen LogP contribution in [0.4, 0.5) is 0 Å². The molecule has 1 saturated heterocycles. The van der Waals surface area contributed by atoms with Crippen molar-refractivity contribution in [2.45, 2.75) is 32.6 Å². The van der Waals surface area contributed by atoms with Crippen molar-refractivity contribution in [3.05, 3.63) is 16.1 Å². The number of guanidine groups is 1. The normalized spacial score (nSPS) is 17.0. The summed E-state index contributed by atoms with van der Waals surface area (Å²) < 4.78 is 0. The molecule has 21 heavy (non-hydrogen) atoms. The molecule has 1 aromatic rings. The standard InChI is InChI=1S/C15H27N5S/c1-13-19-14(12-21-13)6-7-17-15(16-2)18-8-11-20-9-4-3-5-10-20/h12H,3-11H2,1-2H3,(H2,16,17,18). The number of piperidine rings is 1. The number of nitrogens with zero attached hydrogens (tertiary/aromatic N) is 3. The summed E-state index contributed by atoms with van der Waals surface area (Å²) in [4.78, 5) is 11.3. The lowest BCUT2D eigenvalue weighted by Gasteiger charge is -2.26. The van der Waals surface area contributed by atoms with E-state index in [4.69, 9.17) is 0 Å². The van der Waals surface area contributed by atoms with E-state index in [1.54, 1.807) is 11.3 Å². The zero-order valence-corrected chi connectivity index (χ0v) is 14.0. The summed E-state index contributed by atoms with van der Waals surface area (Å²) in [5.41, 5.74) is 1.16. The van der Waals surface area contributed by atoms with Gasteiger partial charge < -0.3 is 15.5 Å². The number of likely N-dealkylation sites (tertiary alicyclic amines) is 1. The lowest BCUT2D eigenvalue weighted by molar-refractivity contribution is 0.232. The number of hydrogen-bond donors (Lipinski definition) is 2. The molecule has 0 aliphatic carbocycles. The van der Waals surface area contributed by atoms with Crippen LogP contribution in [0.3, 0.4) is 0 Å². The molecule has 5 nitrogen and oxygen atoms in total. The molecule has 1 fully saturated rings. The van der Waals surface area contributed by atoms with Crippen molar-refractivity contribution in [2.75, 3.05) is 39.8 Å². The van der Waals surface area contributed by atoms with Crippen LogP contribution in [0.2, 0.25) is 0 Å². The van der Waals surface area contributed by atoms with Gasteiger partial charge in [-0.25, -0.2) is 4.98 Å². The maximum absolute atomic E-state index is 4.47. The predicted octanol–water partition coefficient (Wildman–Crippen LogP) is 1.64. The highest BCUT2D eigenvalue weighted by molar-refractivity contribution is 7.09. The topological polar surface area (TPSA) is 52.6 Å². The fraction of sp³-hybridized carbons (Fsp3) is 0.733. The van der Waals surface area contributed by atoms with Gasteiger partial charge in [0.1, 0.15) is 0 Å². The van der Waals surface area contributed by atoms with E-state index in [0.29, 0.717) is 0 Å². The SMILES string of the molecule is CN=C(NCCc1csc(C)n1)NCCN1CCCCC1. The Morgan fingerprint density at radius 3 is 2.71 bits per heavy atom. The van der Waals surface area contributed by atoms with Crippen LogP contribution in [0, 0.1) is 6.92 Å². The second-order valence-electron chi connectivity index (χ2n) is 5.44. The monoisotopic (exact) mass is 309 g/mol. The van der Waals surface area contributed by atoms with Gasteiger partial charge in [0.05, 0.1) is 10.7 Å². The third-order valence-corrected chi connectivity index (χ3v) is 4.56. The van der Waals surface area contributed by atoms with Gasteiger partial charge in [-0.2, -0.15) is 0 Å². The summed E-state index contributed by atoms with van der Waals surface area (Å²) in [6.07, 6.45) is 5.03. The Balaban J connectivity index is 1.59. The fourth-order valence-electron chi connectivity index (χ4n) is 2.57. The first-order valence-electron chi connectivity index (χ1n) is 7.86. The van der Waals surface area contributed by atoms with Gasteiger partial charge >= 0.3 is 0 Å². The maximum atomic E-state index is 4.47. The van der Waals surface area contributed by atoms with Gasteiger partial charge in [-0.1, -0.05) is 6.42 Å². The molecule has 0 saturated carbocycles. The highest BCUT2D eigenvalue weighted by Crippen LogP contribution is 2.08. The number of thiazole rings is 1. The van der Waals surface area contributed by atoms with Gasteiger partial charge in [0, 0.05) is 38.5 Å². The van der Waals surface area contributed by atoms with Crippen molar-refractivity contribution in [1.29, 1.82) is 0 Å². The summed E-state index contributed by atoms with van der Waals surface area (Å²) in [5, 5.41) is 10.00. The van der Waals surface area contributed by atoms with E-state index in [9.17, 15) is 0 Å². The van der Waals surface area contributed by atoms with Crippen LogP contribution in [0.5, 0.6) is 0 Å². The Bertz CT molecular complexity index is 437. The number of aliphatic imine (C=N–C) groups is 1. The molecule has 2 heterocycles. The van der Waals surface area contributed by atoms with Gasteiger partial charge in [-0.3, -0.25) is 4.99 Å². The van der Waals surface area contributed by atoms with E-state index >= 15 is 0 Å². The third-order valence-electron chi connectivity index (χ3n) is 3.73. The van der Waals surface area contributed by atoms with E-state index in [-0.39, 0.29) is 0 Å². The van der Waals surface area contributed by atoms with Gasteiger partial charge in [-0.15, -0.1) is 11.3 Å². The van der Waals surface area contributed by atoms with Gasteiger partial charge in [0.25, 0.3) is 0 Å². The zero-order valence-electron chi connectivity index (χ0n) is 13.2. The summed E-state index contributed by atoms with van der Waals surface area (Å²) in [7, 11) is 1.82. The third kappa shape index (κ3) is 6.01. The molecule has 0 bridgehead atoms.